The summed E-state index contributed by atoms with van der Waals surface area (Å²) in [7, 11) is 1.85. The van der Waals surface area contributed by atoms with Gasteiger partial charge in [-0.3, -0.25) is 9.78 Å². The van der Waals surface area contributed by atoms with Gasteiger partial charge in [0.1, 0.15) is 5.82 Å². The van der Waals surface area contributed by atoms with E-state index in [2.05, 4.69) is 9.97 Å². The molecule has 82 valence electrons. The normalized spacial score (nSPS) is 10.4. The van der Waals surface area contributed by atoms with Crippen molar-refractivity contribution in [2.45, 2.75) is 6.42 Å². The Morgan fingerprint density at radius 1 is 1.50 bits per heavy atom. The molecule has 16 heavy (non-hydrogen) atoms. The Balaban J connectivity index is 2.22. The molecule has 0 saturated heterocycles. The molecular weight excluding hydrogens is 226 g/mol. The van der Waals surface area contributed by atoms with E-state index in [1.165, 1.54) is 6.20 Å². The number of hydrogen-bond acceptors (Lipinski definition) is 3. The van der Waals surface area contributed by atoms with Gasteiger partial charge in [0.2, 0.25) is 0 Å². The second-order valence-electron chi connectivity index (χ2n) is 3.41. The van der Waals surface area contributed by atoms with Gasteiger partial charge in [0.05, 0.1) is 11.4 Å². The molecule has 5 heteroatoms. The quantitative estimate of drug-likeness (QED) is 0.764. The third-order valence-electron chi connectivity index (χ3n) is 2.31. The average molecular weight is 236 g/mol. The van der Waals surface area contributed by atoms with Gasteiger partial charge in [-0.25, -0.2) is 4.98 Å². The number of hydrogen-bond donors (Lipinski definition) is 0. The third-order valence-corrected chi connectivity index (χ3v) is 2.61. The molecule has 2 rings (SSSR count). The number of Topliss-reactive ketones (excluding diaryl/α,β-unsaturated/α-hetero) is 1. The Hall–Kier alpha value is -1.68. The van der Waals surface area contributed by atoms with Crippen LogP contribution in [-0.2, 0) is 13.5 Å². The number of aromatic nitrogens is 3. The van der Waals surface area contributed by atoms with Crippen molar-refractivity contribution in [1.29, 1.82) is 0 Å². The predicted octanol–water partition coefficient (Wildman–Crippen LogP) is 1.89. The first-order chi connectivity index (χ1) is 7.68. The van der Waals surface area contributed by atoms with Crippen molar-refractivity contribution >= 4 is 17.4 Å². The highest BCUT2D eigenvalue weighted by molar-refractivity contribution is 6.33. The fourth-order valence-corrected chi connectivity index (χ4v) is 1.63. The van der Waals surface area contributed by atoms with Crippen LogP contribution in [0.5, 0.6) is 0 Å². The van der Waals surface area contributed by atoms with Crippen molar-refractivity contribution in [3.63, 3.8) is 0 Å². The zero-order valence-electron chi connectivity index (χ0n) is 8.72. The van der Waals surface area contributed by atoms with E-state index in [-0.39, 0.29) is 12.2 Å². The number of aryl methyl sites for hydroxylation is 1. The van der Waals surface area contributed by atoms with Gasteiger partial charge in [-0.2, -0.15) is 0 Å². The van der Waals surface area contributed by atoms with E-state index in [9.17, 15) is 4.79 Å². The number of nitrogens with zero attached hydrogens (tertiary/aromatic N) is 3. The first kappa shape index (κ1) is 10.8. The fraction of sp³-hybridized carbons (Fsp3) is 0.182. The highest BCUT2D eigenvalue weighted by Crippen LogP contribution is 2.15. The molecule has 0 N–H and O–H groups in total. The Morgan fingerprint density at radius 2 is 2.31 bits per heavy atom. The van der Waals surface area contributed by atoms with Crippen molar-refractivity contribution < 1.29 is 4.79 Å². The van der Waals surface area contributed by atoms with Crippen LogP contribution in [0, 0.1) is 0 Å². The van der Waals surface area contributed by atoms with E-state index in [1.54, 1.807) is 24.7 Å². The fourth-order valence-electron chi connectivity index (χ4n) is 1.41. The number of carbonyl (C=O) groups excluding carboxylic acids is 1. The van der Waals surface area contributed by atoms with Gasteiger partial charge in [0.15, 0.2) is 5.78 Å². The Morgan fingerprint density at radius 3 is 2.94 bits per heavy atom. The largest absolute Gasteiger partial charge is 0.338 e. The molecule has 2 aromatic rings. The first-order valence-corrected chi connectivity index (χ1v) is 5.15. The minimum absolute atomic E-state index is 0.0540. The SMILES string of the molecule is Cn1ccnc1CC(=O)c1ccncc1Cl. The molecule has 0 aliphatic heterocycles. The molecule has 0 amide bonds. The van der Waals surface area contributed by atoms with Crippen LogP contribution in [-0.4, -0.2) is 20.3 Å². The maximum absolute atomic E-state index is 11.9. The molecule has 0 unspecified atom stereocenters. The first-order valence-electron chi connectivity index (χ1n) is 4.77. The number of carbonyl (C=O) groups is 1. The lowest BCUT2D eigenvalue weighted by molar-refractivity contribution is 0.0990. The minimum atomic E-state index is -0.0540. The Kier molecular flexibility index (Phi) is 3.01. The van der Waals surface area contributed by atoms with E-state index in [0.29, 0.717) is 10.6 Å². The highest BCUT2D eigenvalue weighted by atomic mass is 35.5. The summed E-state index contributed by atoms with van der Waals surface area (Å²) in [6.45, 7) is 0. The van der Waals surface area contributed by atoms with Gasteiger partial charge in [0.25, 0.3) is 0 Å². The summed E-state index contributed by atoms with van der Waals surface area (Å²) in [5.74, 6) is 0.666. The molecular formula is C11H10ClN3O. The summed E-state index contributed by atoms with van der Waals surface area (Å²) < 4.78 is 1.81. The standard InChI is InChI=1S/C11H10ClN3O/c1-15-5-4-14-11(15)6-10(16)8-2-3-13-7-9(8)12/h2-5,7H,6H2,1H3. The molecule has 0 spiro atoms. The average Bonchev–Trinajstić information content (AvgIpc) is 2.65. The Labute approximate surface area is 97.9 Å². The molecule has 0 aliphatic carbocycles. The number of pyridine rings is 1. The van der Waals surface area contributed by atoms with Crippen LogP contribution in [0.15, 0.2) is 30.9 Å². The number of imidazole rings is 1. The molecule has 0 bridgehead atoms. The molecule has 0 fully saturated rings. The number of ketones is 1. The van der Waals surface area contributed by atoms with Crippen LogP contribution in [0.25, 0.3) is 0 Å². The molecule has 2 aromatic heterocycles. The lowest BCUT2D eigenvalue weighted by Gasteiger charge is -2.03. The molecule has 0 atom stereocenters. The molecule has 0 radical (unpaired) electrons. The van der Waals surface area contributed by atoms with Crippen molar-refractivity contribution in [2.24, 2.45) is 7.05 Å². The van der Waals surface area contributed by atoms with Crippen molar-refractivity contribution in [2.75, 3.05) is 0 Å². The van der Waals surface area contributed by atoms with Gasteiger partial charge in [0, 0.05) is 37.4 Å². The lowest BCUT2D eigenvalue weighted by Crippen LogP contribution is -2.08. The maximum atomic E-state index is 11.9. The second kappa shape index (κ2) is 4.45. The van der Waals surface area contributed by atoms with Gasteiger partial charge in [-0.05, 0) is 6.07 Å². The molecule has 0 aromatic carbocycles. The lowest BCUT2D eigenvalue weighted by atomic mass is 10.1. The number of halogens is 1. The van der Waals surface area contributed by atoms with Gasteiger partial charge < -0.3 is 4.57 Å². The summed E-state index contributed by atoms with van der Waals surface area (Å²) in [5, 5.41) is 0.377. The van der Waals surface area contributed by atoms with Crippen LogP contribution in [0.4, 0.5) is 0 Å². The van der Waals surface area contributed by atoms with Crippen molar-refractivity contribution in [1.82, 2.24) is 14.5 Å². The van der Waals surface area contributed by atoms with E-state index >= 15 is 0 Å². The summed E-state index contributed by atoms with van der Waals surface area (Å²) in [4.78, 5) is 19.9. The van der Waals surface area contributed by atoms with Crippen LogP contribution in [0.1, 0.15) is 16.2 Å². The van der Waals surface area contributed by atoms with Crippen molar-refractivity contribution in [3.8, 4) is 0 Å². The molecule has 4 nitrogen and oxygen atoms in total. The van der Waals surface area contributed by atoms with Crippen molar-refractivity contribution in [3.05, 3.63) is 47.3 Å². The van der Waals surface area contributed by atoms with Crippen LogP contribution in [0.3, 0.4) is 0 Å². The summed E-state index contributed by atoms with van der Waals surface area (Å²) in [5.41, 5.74) is 0.486. The third kappa shape index (κ3) is 2.12. The molecule has 2 heterocycles. The zero-order chi connectivity index (χ0) is 11.5. The predicted molar refractivity (Wildman–Crippen MR) is 60.5 cm³/mol. The van der Waals surface area contributed by atoms with Gasteiger partial charge in [-0.1, -0.05) is 11.6 Å². The smallest absolute Gasteiger partial charge is 0.171 e. The highest BCUT2D eigenvalue weighted by Gasteiger charge is 2.12. The van der Waals surface area contributed by atoms with E-state index in [0.717, 1.165) is 5.82 Å². The van der Waals surface area contributed by atoms with Gasteiger partial charge >= 0.3 is 0 Å². The van der Waals surface area contributed by atoms with Crippen LogP contribution in [0.2, 0.25) is 5.02 Å². The summed E-state index contributed by atoms with van der Waals surface area (Å²) in [6, 6.07) is 1.62. The van der Waals surface area contributed by atoms with Gasteiger partial charge in [-0.15, -0.1) is 0 Å². The summed E-state index contributed by atoms with van der Waals surface area (Å²) >= 11 is 5.89. The van der Waals surface area contributed by atoms with E-state index < -0.39 is 0 Å². The Bertz CT molecular complexity index is 521. The van der Waals surface area contributed by atoms with Crippen LogP contribution >= 0.6 is 11.6 Å². The topological polar surface area (TPSA) is 47.8 Å². The van der Waals surface area contributed by atoms with E-state index in [1.807, 2.05) is 11.6 Å². The minimum Gasteiger partial charge on any atom is -0.338 e. The van der Waals surface area contributed by atoms with E-state index in [4.69, 9.17) is 11.6 Å². The maximum Gasteiger partial charge on any atom is 0.171 e. The second-order valence-corrected chi connectivity index (χ2v) is 3.82. The molecule has 0 saturated carbocycles. The summed E-state index contributed by atoms with van der Waals surface area (Å²) in [6.07, 6.45) is 6.73. The number of rotatable bonds is 3. The molecule has 0 aliphatic rings. The zero-order valence-corrected chi connectivity index (χ0v) is 9.48. The monoisotopic (exact) mass is 235 g/mol. The van der Waals surface area contributed by atoms with Crippen LogP contribution < -0.4 is 0 Å².